The summed E-state index contributed by atoms with van der Waals surface area (Å²) in [6, 6.07) is 8.04. The van der Waals surface area contributed by atoms with Gasteiger partial charge < -0.3 is 9.84 Å². The van der Waals surface area contributed by atoms with Crippen LogP contribution in [0.2, 0.25) is 0 Å². The summed E-state index contributed by atoms with van der Waals surface area (Å²) in [5.74, 6) is 1.37. The molecule has 1 aromatic carbocycles. The molecule has 0 heterocycles. The molecule has 0 bridgehead atoms. The summed E-state index contributed by atoms with van der Waals surface area (Å²) in [5.41, 5.74) is 1.20. The molecule has 2 rings (SSSR count). The van der Waals surface area contributed by atoms with E-state index in [-0.39, 0.29) is 6.10 Å². The third-order valence-corrected chi connectivity index (χ3v) is 4.05. The first-order valence-electron chi connectivity index (χ1n) is 7.10. The maximum Gasteiger partial charge on any atom is 0.118 e. The molecule has 1 aliphatic rings. The number of rotatable bonds is 4. The number of hydrogen-bond acceptors (Lipinski definition) is 2. The average Bonchev–Trinajstić information content (AvgIpc) is 2.68. The number of hydrogen-bond donors (Lipinski definition) is 1. The van der Waals surface area contributed by atoms with Gasteiger partial charge in [0.05, 0.1) is 13.2 Å². The van der Waals surface area contributed by atoms with Crippen molar-refractivity contribution in [1.29, 1.82) is 0 Å². The lowest BCUT2D eigenvalue weighted by molar-refractivity contribution is 0.0986. The molecule has 1 aromatic rings. The second-order valence-electron chi connectivity index (χ2n) is 5.37. The molecule has 1 N–H and O–H groups in total. The van der Waals surface area contributed by atoms with Gasteiger partial charge in [-0.05, 0) is 42.9 Å². The van der Waals surface area contributed by atoms with Crippen molar-refractivity contribution in [1.82, 2.24) is 0 Å². The normalized spacial score (nSPS) is 19.2. The van der Waals surface area contributed by atoms with Crippen LogP contribution in [0.25, 0.3) is 0 Å². The lowest BCUT2D eigenvalue weighted by atomic mass is 9.90. The minimum atomic E-state index is -0.184. The molecule has 0 saturated heterocycles. The van der Waals surface area contributed by atoms with E-state index in [0.29, 0.717) is 5.92 Å². The number of benzene rings is 1. The molecule has 1 unspecified atom stereocenters. The fourth-order valence-corrected chi connectivity index (χ4v) is 2.87. The highest BCUT2D eigenvalue weighted by atomic mass is 16.5. The molecule has 1 aliphatic carbocycles. The highest BCUT2D eigenvalue weighted by molar-refractivity contribution is 5.27. The minimum absolute atomic E-state index is 0.184. The molecule has 18 heavy (non-hydrogen) atoms. The van der Waals surface area contributed by atoms with E-state index in [0.717, 1.165) is 12.2 Å². The Hall–Kier alpha value is -1.02. The van der Waals surface area contributed by atoms with Gasteiger partial charge in [-0.2, -0.15) is 0 Å². The highest BCUT2D eigenvalue weighted by Crippen LogP contribution is 2.27. The molecule has 100 valence electrons. The van der Waals surface area contributed by atoms with Gasteiger partial charge in [0.1, 0.15) is 5.75 Å². The summed E-state index contributed by atoms with van der Waals surface area (Å²) in [6.45, 7) is 0. The number of ether oxygens (including phenoxy) is 1. The van der Waals surface area contributed by atoms with Gasteiger partial charge in [-0.15, -0.1) is 0 Å². The van der Waals surface area contributed by atoms with E-state index < -0.39 is 0 Å². The third-order valence-electron chi connectivity index (χ3n) is 4.05. The molecule has 1 fully saturated rings. The minimum Gasteiger partial charge on any atom is -0.497 e. The first-order valence-corrected chi connectivity index (χ1v) is 7.10. The van der Waals surface area contributed by atoms with Crippen LogP contribution < -0.4 is 4.74 Å². The van der Waals surface area contributed by atoms with Gasteiger partial charge >= 0.3 is 0 Å². The molecule has 1 atom stereocenters. The van der Waals surface area contributed by atoms with Gasteiger partial charge in [0.2, 0.25) is 0 Å². The Bertz CT molecular complexity index is 337. The Labute approximate surface area is 110 Å². The SMILES string of the molecule is COc1ccc(CC(O)C2CCCCCC2)cc1. The summed E-state index contributed by atoms with van der Waals surface area (Å²) in [7, 11) is 1.68. The van der Waals surface area contributed by atoms with Crippen LogP contribution in [0, 0.1) is 5.92 Å². The lowest BCUT2D eigenvalue weighted by Gasteiger charge is -2.21. The van der Waals surface area contributed by atoms with Crippen molar-refractivity contribution < 1.29 is 9.84 Å². The Balaban J connectivity index is 1.90. The van der Waals surface area contributed by atoms with Gasteiger partial charge in [-0.25, -0.2) is 0 Å². The van der Waals surface area contributed by atoms with Crippen molar-refractivity contribution in [2.45, 2.75) is 51.0 Å². The molecule has 0 radical (unpaired) electrons. The van der Waals surface area contributed by atoms with Gasteiger partial charge in [0.25, 0.3) is 0 Å². The Morgan fingerprint density at radius 2 is 1.72 bits per heavy atom. The van der Waals surface area contributed by atoms with Gasteiger partial charge in [-0.1, -0.05) is 37.8 Å². The second-order valence-corrected chi connectivity index (χ2v) is 5.37. The van der Waals surface area contributed by atoms with Crippen molar-refractivity contribution >= 4 is 0 Å². The van der Waals surface area contributed by atoms with Crippen molar-refractivity contribution in [2.75, 3.05) is 7.11 Å². The first kappa shape index (κ1) is 13.4. The number of methoxy groups -OCH3 is 1. The maximum absolute atomic E-state index is 10.3. The topological polar surface area (TPSA) is 29.5 Å². The smallest absolute Gasteiger partial charge is 0.118 e. The quantitative estimate of drug-likeness (QED) is 0.825. The van der Waals surface area contributed by atoms with Crippen LogP contribution >= 0.6 is 0 Å². The van der Waals surface area contributed by atoms with E-state index in [4.69, 9.17) is 4.74 Å². The van der Waals surface area contributed by atoms with E-state index in [1.54, 1.807) is 7.11 Å². The zero-order valence-corrected chi connectivity index (χ0v) is 11.3. The van der Waals surface area contributed by atoms with Gasteiger partial charge in [0, 0.05) is 0 Å². The molecule has 0 aromatic heterocycles. The molecular weight excluding hydrogens is 224 g/mol. The zero-order valence-electron chi connectivity index (χ0n) is 11.3. The van der Waals surface area contributed by atoms with E-state index >= 15 is 0 Å². The number of aliphatic hydroxyl groups excluding tert-OH is 1. The van der Waals surface area contributed by atoms with E-state index in [1.807, 2.05) is 12.1 Å². The molecule has 0 spiro atoms. The van der Waals surface area contributed by atoms with E-state index in [9.17, 15) is 5.11 Å². The summed E-state index contributed by atoms with van der Waals surface area (Å²) in [6.07, 6.45) is 8.21. The van der Waals surface area contributed by atoms with Crippen molar-refractivity contribution in [3.05, 3.63) is 29.8 Å². The third kappa shape index (κ3) is 3.74. The zero-order chi connectivity index (χ0) is 12.8. The van der Waals surface area contributed by atoms with Crippen LogP contribution in [0.3, 0.4) is 0 Å². The average molecular weight is 248 g/mol. The molecule has 0 aliphatic heterocycles. The van der Waals surface area contributed by atoms with Crippen molar-refractivity contribution in [3.8, 4) is 5.75 Å². The standard InChI is InChI=1S/C16H24O2/c1-18-15-10-8-13(9-11-15)12-16(17)14-6-4-2-3-5-7-14/h8-11,14,16-17H,2-7,12H2,1H3. The Kier molecular flexibility index (Phi) is 5.06. The Morgan fingerprint density at radius 3 is 2.28 bits per heavy atom. The van der Waals surface area contributed by atoms with Crippen molar-refractivity contribution in [3.63, 3.8) is 0 Å². The predicted molar refractivity (Wildman–Crippen MR) is 73.9 cm³/mol. The summed E-state index contributed by atoms with van der Waals surface area (Å²) < 4.78 is 5.14. The molecule has 0 amide bonds. The summed E-state index contributed by atoms with van der Waals surface area (Å²) in [4.78, 5) is 0. The number of aliphatic hydroxyl groups is 1. The predicted octanol–water partition coefficient (Wildman–Crippen LogP) is 3.57. The monoisotopic (exact) mass is 248 g/mol. The van der Waals surface area contributed by atoms with Gasteiger partial charge in [0.15, 0.2) is 0 Å². The summed E-state index contributed by atoms with van der Waals surface area (Å²) >= 11 is 0. The second kappa shape index (κ2) is 6.79. The fourth-order valence-electron chi connectivity index (χ4n) is 2.87. The lowest BCUT2D eigenvalue weighted by Crippen LogP contribution is -2.22. The molecule has 1 saturated carbocycles. The maximum atomic E-state index is 10.3. The fraction of sp³-hybridized carbons (Fsp3) is 0.625. The van der Waals surface area contributed by atoms with Crippen LogP contribution in [0.5, 0.6) is 5.75 Å². The van der Waals surface area contributed by atoms with E-state index in [2.05, 4.69) is 12.1 Å². The molecular formula is C16H24O2. The van der Waals surface area contributed by atoms with Crippen LogP contribution in [-0.2, 0) is 6.42 Å². The van der Waals surface area contributed by atoms with Crippen LogP contribution in [0.4, 0.5) is 0 Å². The van der Waals surface area contributed by atoms with E-state index in [1.165, 1.54) is 44.1 Å². The molecule has 2 nitrogen and oxygen atoms in total. The van der Waals surface area contributed by atoms with Crippen LogP contribution in [-0.4, -0.2) is 18.3 Å². The molecule has 2 heteroatoms. The van der Waals surface area contributed by atoms with Gasteiger partial charge in [-0.3, -0.25) is 0 Å². The largest absolute Gasteiger partial charge is 0.497 e. The van der Waals surface area contributed by atoms with Crippen molar-refractivity contribution in [2.24, 2.45) is 5.92 Å². The Morgan fingerprint density at radius 1 is 1.11 bits per heavy atom. The first-order chi connectivity index (χ1) is 8.79. The van der Waals surface area contributed by atoms with Crippen LogP contribution in [0.15, 0.2) is 24.3 Å². The van der Waals surface area contributed by atoms with Crippen LogP contribution in [0.1, 0.15) is 44.1 Å². The summed E-state index contributed by atoms with van der Waals surface area (Å²) in [5, 5.41) is 10.3. The highest BCUT2D eigenvalue weighted by Gasteiger charge is 2.20.